The van der Waals surface area contributed by atoms with E-state index in [4.69, 9.17) is 5.11 Å². The normalized spacial score (nSPS) is 26.0. The molecule has 0 aliphatic heterocycles. The van der Waals surface area contributed by atoms with Gasteiger partial charge in [0.15, 0.2) is 0 Å². The van der Waals surface area contributed by atoms with Crippen LogP contribution >= 0.6 is 15.9 Å². The van der Waals surface area contributed by atoms with E-state index in [1.54, 1.807) is 4.68 Å². The van der Waals surface area contributed by atoms with E-state index >= 15 is 0 Å². The lowest BCUT2D eigenvalue weighted by atomic mass is 10.2. The average molecular weight is 245 g/mol. The molecule has 1 heterocycles. The molecule has 13 heavy (non-hydrogen) atoms. The zero-order valence-corrected chi connectivity index (χ0v) is 8.65. The Labute approximate surface area is 83.7 Å². The van der Waals surface area contributed by atoms with Gasteiger partial charge in [0.2, 0.25) is 0 Å². The highest BCUT2D eigenvalue weighted by Gasteiger charge is 2.45. The van der Waals surface area contributed by atoms with Gasteiger partial charge in [0.1, 0.15) is 4.60 Å². The Morgan fingerprint density at radius 3 is 2.92 bits per heavy atom. The predicted octanol–water partition coefficient (Wildman–Crippen LogP) is 1.37. The summed E-state index contributed by atoms with van der Waals surface area (Å²) in [5.41, 5.74) is 0.999. The van der Waals surface area contributed by atoms with Crippen LogP contribution in [0.5, 0.6) is 0 Å². The summed E-state index contributed by atoms with van der Waals surface area (Å²) in [5.74, 6) is -0.758. The standard InChI is InChI=1S/C8H9BrN2O2/c1-11-6(3-7(9)10-11)4-2-5(4)8(12)13/h3-5H,2H2,1H3,(H,12,13). The number of carboxylic acids is 1. The number of hydrogen-bond acceptors (Lipinski definition) is 2. The summed E-state index contributed by atoms with van der Waals surface area (Å²) < 4.78 is 2.50. The molecule has 1 aliphatic carbocycles. The van der Waals surface area contributed by atoms with Crippen LogP contribution in [0.2, 0.25) is 0 Å². The lowest BCUT2D eigenvalue weighted by Gasteiger charge is -1.97. The quantitative estimate of drug-likeness (QED) is 0.856. The first kappa shape index (κ1) is 8.74. The summed E-state index contributed by atoms with van der Waals surface area (Å²) in [6.45, 7) is 0. The molecule has 1 aliphatic rings. The predicted molar refractivity (Wildman–Crippen MR) is 49.4 cm³/mol. The maximum absolute atomic E-state index is 10.6. The van der Waals surface area contributed by atoms with Crippen LogP contribution in [0.1, 0.15) is 18.0 Å². The van der Waals surface area contributed by atoms with Gasteiger partial charge in [-0.05, 0) is 28.4 Å². The first-order valence-corrected chi connectivity index (χ1v) is 4.81. The first-order chi connectivity index (χ1) is 6.09. The van der Waals surface area contributed by atoms with Crippen molar-refractivity contribution in [3.63, 3.8) is 0 Å². The molecule has 70 valence electrons. The molecule has 0 saturated heterocycles. The van der Waals surface area contributed by atoms with Gasteiger partial charge in [-0.15, -0.1) is 0 Å². The molecule has 4 nitrogen and oxygen atoms in total. The summed E-state index contributed by atoms with van der Waals surface area (Å²) in [4.78, 5) is 10.6. The molecule has 1 N–H and O–H groups in total. The van der Waals surface area contributed by atoms with Crippen LogP contribution in [0, 0.1) is 5.92 Å². The summed E-state index contributed by atoms with van der Waals surface area (Å²) in [6, 6.07) is 1.88. The summed E-state index contributed by atoms with van der Waals surface area (Å²) in [5, 5.41) is 12.8. The van der Waals surface area contributed by atoms with Crippen LogP contribution in [0.25, 0.3) is 0 Å². The highest BCUT2D eigenvalue weighted by atomic mass is 79.9. The molecule has 2 unspecified atom stereocenters. The minimum Gasteiger partial charge on any atom is -0.481 e. The molecule has 0 aromatic carbocycles. The zero-order valence-electron chi connectivity index (χ0n) is 7.07. The molecule has 1 aromatic heterocycles. The summed E-state index contributed by atoms with van der Waals surface area (Å²) >= 11 is 3.26. The van der Waals surface area contributed by atoms with Gasteiger partial charge in [-0.2, -0.15) is 5.10 Å². The van der Waals surface area contributed by atoms with Gasteiger partial charge in [-0.1, -0.05) is 0 Å². The van der Waals surface area contributed by atoms with Gasteiger partial charge in [-0.3, -0.25) is 9.48 Å². The lowest BCUT2D eigenvalue weighted by molar-refractivity contribution is -0.138. The highest BCUT2D eigenvalue weighted by Crippen LogP contribution is 2.47. The van der Waals surface area contributed by atoms with Crippen molar-refractivity contribution in [3.05, 3.63) is 16.4 Å². The Morgan fingerprint density at radius 2 is 2.54 bits per heavy atom. The third kappa shape index (κ3) is 1.48. The third-order valence-electron chi connectivity index (χ3n) is 2.37. The highest BCUT2D eigenvalue weighted by molar-refractivity contribution is 9.10. The molecule has 1 fully saturated rings. The number of halogens is 1. The van der Waals surface area contributed by atoms with Crippen LogP contribution < -0.4 is 0 Å². The van der Waals surface area contributed by atoms with Gasteiger partial charge in [0.25, 0.3) is 0 Å². The minimum atomic E-state index is -0.706. The molecule has 5 heteroatoms. The van der Waals surface area contributed by atoms with E-state index in [0.29, 0.717) is 0 Å². The van der Waals surface area contributed by atoms with Gasteiger partial charge < -0.3 is 5.11 Å². The van der Waals surface area contributed by atoms with Crippen molar-refractivity contribution in [1.82, 2.24) is 9.78 Å². The average Bonchev–Trinajstić information content (AvgIpc) is 2.73. The summed E-state index contributed by atoms with van der Waals surface area (Å²) in [7, 11) is 1.83. The fourth-order valence-corrected chi connectivity index (χ4v) is 2.06. The van der Waals surface area contributed by atoms with Crippen molar-refractivity contribution in [1.29, 1.82) is 0 Å². The number of hydrogen-bond donors (Lipinski definition) is 1. The maximum Gasteiger partial charge on any atom is 0.307 e. The van der Waals surface area contributed by atoms with E-state index in [2.05, 4.69) is 21.0 Å². The SMILES string of the molecule is Cn1nc(Br)cc1C1CC1C(=O)O. The molecule has 0 spiro atoms. The summed E-state index contributed by atoms with van der Waals surface area (Å²) in [6.07, 6.45) is 0.737. The molecule has 0 radical (unpaired) electrons. The minimum absolute atomic E-state index is 0.154. The van der Waals surface area contributed by atoms with Crippen LogP contribution in [0.3, 0.4) is 0 Å². The van der Waals surface area contributed by atoms with E-state index in [-0.39, 0.29) is 11.8 Å². The number of carbonyl (C=O) groups is 1. The fraction of sp³-hybridized carbons (Fsp3) is 0.500. The topological polar surface area (TPSA) is 55.1 Å². The van der Waals surface area contributed by atoms with Crippen molar-refractivity contribution >= 4 is 21.9 Å². The van der Waals surface area contributed by atoms with E-state index in [9.17, 15) is 4.79 Å². The number of rotatable bonds is 2. The van der Waals surface area contributed by atoms with Crippen LogP contribution in [-0.2, 0) is 11.8 Å². The molecule has 2 atom stereocenters. The van der Waals surface area contributed by atoms with Crippen molar-refractivity contribution in [2.45, 2.75) is 12.3 Å². The zero-order chi connectivity index (χ0) is 9.59. The Bertz CT molecular complexity index is 361. The van der Waals surface area contributed by atoms with Crippen molar-refractivity contribution in [2.75, 3.05) is 0 Å². The third-order valence-corrected chi connectivity index (χ3v) is 2.76. The molecule has 1 aromatic rings. The van der Waals surface area contributed by atoms with Gasteiger partial charge in [-0.25, -0.2) is 0 Å². The molecule has 0 amide bonds. The van der Waals surface area contributed by atoms with Gasteiger partial charge in [0.05, 0.1) is 5.92 Å². The van der Waals surface area contributed by atoms with Crippen molar-refractivity contribution in [2.24, 2.45) is 13.0 Å². The second kappa shape index (κ2) is 2.83. The van der Waals surface area contributed by atoms with E-state index in [1.165, 1.54) is 0 Å². The molecule has 1 saturated carbocycles. The lowest BCUT2D eigenvalue weighted by Crippen LogP contribution is -2.02. The second-order valence-corrected chi connectivity index (χ2v) is 4.11. The van der Waals surface area contributed by atoms with Crippen molar-refractivity contribution < 1.29 is 9.90 Å². The smallest absolute Gasteiger partial charge is 0.307 e. The van der Waals surface area contributed by atoms with Crippen LogP contribution in [0.15, 0.2) is 10.7 Å². The van der Waals surface area contributed by atoms with E-state index in [0.717, 1.165) is 16.7 Å². The van der Waals surface area contributed by atoms with E-state index < -0.39 is 5.97 Å². The number of nitrogens with zero attached hydrogens (tertiary/aromatic N) is 2. The van der Waals surface area contributed by atoms with Crippen LogP contribution in [-0.4, -0.2) is 20.9 Å². The van der Waals surface area contributed by atoms with Crippen molar-refractivity contribution in [3.8, 4) is 0 Å². The Morgan fingerprint density at radius 1 is 1.85 bits per heavy atom. The molecular formula is C8H9BrN2O2. The van der Waals surface area contributed by atoms with Gasteiger partial charge >= 0.3 is 5.97 Å². The fourth-order valence-electron chi connectivity index (χ4n) is 1.59. The first-order valence-electron chi connectivity index (χ1n) is 4.02. The molecule has 0 bridgehead atoms. The second-order valence-electron chi connectivity index (χ2n) is 3.30. The Kier molecular flexibility index (Phi) is 1.91. The number of aliphatic carboxylic acids is 1. The van der Waals surface area contributed by atoms with Crippen LogP contribution in [0.4, 0.5) is 0 Å². The maximum atomic E-state index is 10.6. The monoisotopic (exact) mass is 244 g/mol. The van der Waals surface area contributed by atoms with Gasteiger partial charge in [0, 0.05) is 18.7 Å². The van der Waals surface area contributed by atoms with E-state index in [1.807, 2.05) is 13.1 Å². The Hall–Kier alpha value is -0.840. The number of carboxylic acid groups (broad SMARTS) is 1. The molecular weight excluding hydrogens is 236 g/mol. The number of aromatic nitrogens is 2. The Balaban J connectivity index is 2.20. The number of aryl methyl sites for hydroxylation is 1. The largest absolute Gasteiger partial charge is 0.481 e. The molecule has 2 rings (SSSR count).